The molecule has 0 fully saturated rings. The van der Waals surface area contributed by atoms with Crippen LogP contribution < -0.4 is 0 Å². The van der Waals surface area contributed by atoms with Crippen LogP contribution in [0.15, 0.2) is 133 Å². The molecule has 0 saturated heterocycles. The molecule has 0 unspecified atom stereocenters. The van der Waals surface area contributed by atoms with Crippen LogP contribution in [0, 0.1) is 0 Å². The normalized spacial score (nSPS) is 11.4. The van der Waals surface area contributed by atoms with Gasteiger partial charge in [-0.3, -0.25) is 0 Å². The Hall–Kier alpha value is -5.08. The fourth-order valence-corrected chi connectivity index (χ4v) is 5.54. The lowest BCUT2D eigenvalue weighted by molar-refractivity contribution is 0.471. The van der Waals surface area contributed by atoms with E-state index in [1.165, 1.54) is 10.8 Å². The molecule has 0 bridgehead atoms. The molecule has 0 aliphatic heterocycles. The van der Waals surface area contributed by atoms with Gasteiger partial charge in [0.15, 0.2) is 0 Å². The zero-order chi connectivity index (χ0) is 25.6. The van der Waals surface area contributed by atoms with Crippen LogP contribution in [-0.2, 0) is 0 Å². The second-order valence-electron chi connectivity index (χ2n) is 9.69. The van der Waals surface area contributed by atoms with Crippen LogP contribution in [-0.4, -0.2) is 10.2 Å². The van der Waals surface area contributed by atoms with Crippen molar-refractivity contribution in [3.63, 3.8) is 0 Å². The van der Waals surface area contributed by atoms with E-state index < -0.39 is 0 Å². The minimum absolute atomic E-state index is 0.146. The predicted octanol–water partition coefficient (Wildman–Crippen LogP) is 9.56. The van der Waals surface area contributed by atoms with Crippen LogP contribution in [0.3, 0.4) is 0 Å². The van der Waals surface area contributed by atoms with Gasteiger partial charge in [-0.25, -0.2) is 0 Å². The summed E-state index contributed by atoms with van der Waals surface area (Å²) in [5.74, 6) is 0.307. The predicted molar refractivity (Wildman–Crippen MR) is 159 cm³/mol. The molecule has 180 valence electrons. The summed E-state index contributed by atoms with van der Waals surface area (Å²) < 4.78 is 0. The van der Waals surface area contributed by atoms with Gasteiger partial charge in [-0.2, -0.15) is 0 Å². The molecule has 0 amide bonds. The summed E-state index contributed by atoms with van der Waals surface area (Å²) in [5, 5.41) is 29.0. The highest BCUT2D eigenvalue weighted by molar-refractivity contribution is 6.12. The van der Waals surface area contributed by atoms with E-state index in [0.717, 1.165) is 43.8 Å². The lowest BCUT2D eigenvalue weighted by Gasteiger charge is -2.17. The third-order valence-corrected chi connectivity index (χ3v) is 7.46. The Bertz CT molecular complexity index is 1980. The van der Waals surface area contributed by atoms with Gasteiger partial charge in [0, 0.05) is 16.7 Å². The molecule has 2 nitrogen and oxygen atoms in total. The third-order valence-electron chi connectivity index (χ3n) is 7.46. The largest absolute Gasteiger partial charge is 0.507 e. The monoisotopic (exact) mass is 488 g/mol. The van der Waals surface area contributed by atoms with E-state index in [9.17, 15) is 10.2 Å². The molecule has 0 aliphatic carbocycles. The van der Waals surface area contributed by atoms with Crippen LogP contribution in [0.25, 0.3) is 65.7 Å². The molecular weight excluding hydrogens is 464 g/mol. The third kappa shape index (κ3) is 3.58. The van der Waals surface area contributed by atoms with Gasteiger partial charge in [0.1, 0.15) is 11.5 Å². The number of aromatic hydroxyl groups is 2. The summed E-state index contributed by atoms with van der Waals surface area (Å²) in [6, 6.07) is 44.8. The van der Waals surface area contributed by atoms with E-state index >= 15 is 0 Å². The Balaban J connectivity index is 1.41. The number of phenols is 2. The van der Waals surface area contributed by atoms with Gasteiger partial charge in [-0.1, -0.05) is 115 Å². The van der Waals surface area contributed by atoms with Crippen molar-refractivity contribution in [1.82, 2.24) is 0 Å². The van der Waals surface area contributed by atoms with Crippen LogP contribution in [0.4, 0.5) is 0 Å². The Morgan fingerprint density at radius 2 is 0.921 bits per heavy atom. The van der Waals surface area contributed by atoms with Crippen molar-refractivity contribution in [1.29, 1.82) is 0 Å². The van der Waals surface area contributed by atoms with Crippen molar-refractivity contribution in [3.05, 3.63) is 133 Å². The minimum Gasteiger partial charge on any atom is -0.507 e. The molecule has 7 aromatic carbocycles. The number of rotatable bonds is 3. The van der Waals surface area contributed by atoms with Gasteiger partial charge < -0.3 is 10.2 Å². The Labute approximate surface area is 220 Å². The summed E-state index contributed by atoms with van der Waals surface area (Å²) in [6.45, 7) is 0. The summed E-state index contributed by atoms with van der Waals surface area (Å²) in [5.41, 5.74) is 5.21. The molecule has 0 aromatic heterocycles. The van der Waals surface area contributed by atoms with Crippen LogP contribution in [0.2, 0.25) is 0 Å². The van der Waals surface area contributed by atoms with Crippen molar-refractivity contribution >= 4 is 32.3 Å². The molecular formula is C36H24O2. The lowest BCUT2D eigenvalue weighted by Crippen LogP contribution is -1.90. The summed E-state index contributed by atoms with van der Waals surface area (Å²) in [7, 11) is 0. The number of hydrogen-bond donors (Lipinski definition) is 2. The lowest BCUT2D eigenvalue weighted by atomic mass is 9.88. The number of phenolic OH excluding ortho intramolecular Hbond substituents is 2. The summed E-state index contributed by atoms with van der Waals surface area (Å²) >= 11 is 0. The standard InChI is InChI=1S/C36H24O2/c37-33-20-19-25-8-3-5-11-30(25)34(33)35-31-12-6-4-10-29(31)22-32(36(35)38)26-16-13-24(14-17-26)28-18-15-23-7-1-2-9-27(23)21-28/h1-22,37-38H. The van der Waals surface area contributed by atoms with Crippen molar-refractivity contribution in [3.8, 4) is 44.9 Å². The molecule has 0 aliphatic rings. The topological polar surface area (TPSA) is 40.5 Å². The zero-order valence-electron chi connectivity index (χ0n) is 20.6. The van der Waals surface area contributed by atoms with Gasteiger partial charge in [0.2, 0.25) is 0 Å². The average molecular weight is 489 g/mol. The maximum Gasteiger partial charge on any atom is 0.132 e. The molecule has 38 heavy (non-hydrogen) atoms. The van der Waals surface area contributed by atoms with Gasteiger partial charge >= 0.3 is 0 Å². The van der Waals surface area contributed by atoms with E-state index in [2.05, 4.69) is 66.7 Å². The first kappa shape index (κ1) is 22.1. The van der Waals surface area contributed by atoms with Crippen LogP contribution in [0.5, 0.6) is 11.5 Å². The van der Waals surface area contributed by atoms with E-state index in [4.69, 9.17) is 0 Å². The van der Waals surface area contributed by atoms with Crippen LogP contribution >= 0.6 is 0 Å². The maximum atomic E-state index is 11.8. The number of fused-ring (bicyclic) bond motifs is 3. The summed E-state index contributed by atoms with van der Waals surface area (Å²) in [6.07, 6.45) is 0. The Morgan fingerprint density at radius 1 is 0.368 bits per heavy atom. The smallest absolute Gasteiger partial charge is 0.132 e. The number of hydrogen-bond acceptors (Lipinski definition) is 2. The zero-order valence-corrected chi connectivity index (χ0v) is 20.6. The Kier molecular flexibility index (Phi) is 5.12. The fourth-order valence-electron chi connectivity index (χ4n) is 5.54. The molecule has 0 radical (unpaired) electrons. The van der Waals surface area contributed by atoms with Crippen molar-refractivity contribution in [2.24, 2.45) is 0 Å². The highest BCUT2D eigenvalue weighted by Gasteiger charge is 2.20. The first-order valence-corrected chi connectivity index (χ1v) is 12.7. The maximum absolute atomic E-state index is 11.8. The van der Waals surface area contributed by atoms with E-state index in [-0.39, 0.29) is 11.5 Å². The second-order valence-corrected chi connectivity index (χ2v) is 9.69. The first-order chi connectivity index (χ1) is 18.7. The van der Waals surface area contributed by atoms with Crippen molar-refractivity contribution in [2.75, 3.05) is 0 Å². The SMILES string of the molecule is Oc1ccc2ccccc2c1-c1c(O)c(-c2ccc(-c3ccc4ccccc4c3)cc2)cc2ccccc12. The second kappa shape index (κ2) is 8.79. The number of benzene rings is 7. The highest BCUT2D eigenvalue weighted by Crippen LogP contribution is 2.48. The minimum atomic E-state index is 0.146. The van der Waals surface area contributed by atoms with Crippen molar-refractivity contribution < 1.29 is 10.2 Å². The summed E-state index contributed by atoms with van der Waals surface area (Å²) in [4.78, 5) is 0. The molecule has 0 heterocycles. The van der Waals surface area contributed by atoms with Crippen molar-refractivity contribution in [2.45, 2.75) is 0 Å². The van der Waals surface area contributed by atoms with E-state index in [1.807, 2.05) is 60.7 Å². The van der Waals surface area contributed by atoms with E-state index in [1.54, 1.807) is 6.07 Å². The average Bonchev–Trinajstić information content (AvgIpc) is 2.97. The molecule has 2 N–H and O–H groups in total. The highest BCUT2D eigenvalue weighted by atomic mass is 16.3. The van der Waals surface area contributed by atoms with E-state index in [0.29, 0.717) is 11.1 Å². The molecule has 0 spiro atoms. The molecule has 0 saturated carbocycles. The first-order valence-electron chi connectivity index (χ1n) is 12.7. The van der Waals surface area contributed by atoms with Gasteiger partial charge in [0.05, 0.1) is 0 Å². The molecule has 2 heteroatoms. The van der Waals surface area contributed by atoms with Gasteiger partial charge in [-0.15, -0.1) is 0 Å². The fraction of sp³-hybridized carbons (Fsp3) is 0. The van der Waals surface area contributed by atoms with Gasteiger partial charge in [-0.05, 0) is 67.2 Å². The molecule has 7 aromatic rings. The quantitative estimate of drug-likeness (QED) is 0.260. The van der Waals surface area contributed by atoms with Crippen LogP contribution in [0.1, 0.15) is 0 Å². The Morgan fingerprint density at radius 3 is 1.68 bits per heavy atom. The van der Waals surface area contributed by atoms with Gasteiger partial charge in [0.25, 0.3) is 0 Å². The molecule has 7 rings (SSSR count). The molecule has 0 atom stereocenters.